The number of nitro benzene ring substituents is 1. The van der Waals surface area contributed by atoms with Crippen LogP contribution in [0.4, 0.5) is 22.7 Å². The van der Waals surface area contributed by atoms with Crippen LogP contribution in [0.5, 0.6) is 0 Å². The van der Waals surface area contributed by atoms with Gasteiger partial charge in [0.15, 0.2) is 0 Å². The average molecular weight is 481 g/mol. The molecule has 1 fully saturated rings. The molecule has 3 aromatic rings. The van der Waals surface area contributed by atoms with E-state index in [9.17, 15) is 23.3 Å². The van der Waals surface area contributed by atoms with Crippen molar-refractivity contribution in [3.63, 3.8) is 0 Å². The van der Waals surface area contributed by atoms with Crippen LogP contribution in [0.15, 0.2) is 71.6 Å². The molecule has 1 saturated heterocycles. The third kappa shape index (κ3) is 5.01. The van der Waals surface area contributed by atoms with Crippen LogP contribution in [0.3, 0.4) is 0 Å². The lowest BCUT2D eigenvalue weighted by Crippen LogP contribution is -2.20. The summed E-state index contributed by atoms with van der Waals surface area (Å²) in [7, 11) is -3.80. The topological polar surface area (TPSA) is 122 Å². The molecule has 1 aliphatic rings. The molecule has 4 rings (SSSR count). The summed E-state index contributed by atoms with van der Waals surface area (Å²) in [6.07, 6.45) is 1.95. The van der Waals surface area contributed by atoms with Gasteiger partial charge in [-0.05, 0) is 61.7 Å². The summed E-state index contributed by atoms with van der Waals surface area (Å²) < 4.78 is 27.9. The molecule has 34 heavy (non-hydrogen) atoms. The molecule has 2 N–H and O–H groups in total. The third-order valence-corrected chi connectivity index (χ3v) is 7.06. The second-order valence-corrected chi connectivity index (χ2v) is 9.74. The minimum Gasteiger partial charge on any atom is -0.366 e. The first-order chi connectivity index (χ1) is 16.2. The zero-order chi connectivity index (χ0) is 24.3. The van der Waals surface area contributed by atoms with E-state index in [1.54, 1.807) is 49.4 Å². The van der Waals surface area contributed by atoms with E-state index in [0.717, 1.165) is 25.9 Å². The van der Waals surface area contributed by atoms with E-state index in [0.29, 0.717) is 22.6 Å². The van der Waals surface area contributed by atoms with Gasteiger partial charge in [-0.1, -0.05) is 24.3 Å². The Morgan fingerprint density at radius 1 is 1.00 bits per heavy atom. The van der Waals surface area contributed by atoms with Gasteiger partial charge in [0, 0.05) is 30.4 Å². The fourth-order valence-corrected chi connectivity index (χ4v) is 5.00. The van der Waals surface area contributed by atoms with Gasteiger partial charge in [-0.25, -0.2) is 8.42 Å². The van der Waals surface area contributed by atoms with Gasteiger partial charge in [0.25, 0.3) is 21.6 Å². The van der Waals surface area contributed by atoms with Crippen LogP contribution >= 0.6 is 0 Å². The number of amides is 1. The Labute approximate surface area is 197 Å². The number of hydrogen-bond donors (Lipinski definition) is 2. The SMILES string of the molecule is Cc1ccc(NC(=O)c2ccc(N3CCCC3)c([N+](=O)[O-])c2)cc1NS(=O)(=O)c1ccccc1. The number of anilines is 3. The van der Waals surface area contributed by atoms with Crippen LogP contribution in [0, 0.1) is 17.0 Å². The zero-order valence-corrected chi connectivity index (χ0v) is 19.3. The summed E-state index contributed by atoms with van der Waals surface area (Å²) in [5.41, 5.74) is 1.87. The summed E-state index contributed by atoms with van der Waals surface area (Å²) >= 11 is 0. The molecule has 0 spiro atoms. The van der Waals surface area contributed by atoms with Crippen molar-refractivity contribution in [2.75, 3.05) is 28.0 Å². The fourth-order valence-electron chi connectivity index (χ4n) is 3.85. The second kappa shape index (κ2) is 9.52. The zero-order valence-electron chi connectivity index (χ0n) is 18.5. The number of nitrogens with one attached hydrogen (secondary N) is 2. The molecule has 0 unspecified atom stereocenters. The molecule has 0 saturated carbocycles. The molecule has 176 valence electrons. The molecule has 3 aromatic carbocycles. The minimum atomic E-state index is -3.80. The molecule has 9 nitrogen and oxygen atoms in total. The van der Waals surface area contributed by atoms with Gasteiger partial charge in [-0.2, -0.15) is 0 Å². The molecule has 1 aliphatic heterocycles. The van der Waals surface area contributed by atoms with Gasteiger partial charge < -0.3 is 10.2 Å². The molecule has 1 amide bonds. The summed E-state index contributed by atoms with van der Waals surface area (Å²) in [4.78, 5) is 26.1. The molecular weight excluding hydrogens is 456 g/mol. The van der Waals surface area contributed by atoms with Crippen molar-refractivity contribution in [1.82, 2.24) is 0 Å². The summed E-state index contributed by atoms with van der Waals surface area (Å²) in [5, 5.41) is 14.3. The van der Waals surface area contributed by atoms with Crippen molar-refractivity contribution >= 4 is 38.7 Å². The van der Waals surface area contributed by atoms with Crippen molar-refractivity contribution in [1.29, 1.82) is 0 Å². The van der Waals surface area contributed by atoms with Gasteiger partial charge in [-0.15, -0.1) is 0 Å². The first kappa shape index (κ1) is 23.2. The van der Waals surface area contributed by atoms with E-state index in [4.69, 9.17) is 0 Å². The maximum Gasteiger partial charge on any atom is 0.293 e. The first-order valence-electron chi connectivity index (χ1n) is 10.8. The van der Waals surface area contributed by atoms with Crippen LogP contribution in [0.25, 0.3) is 0 Å². The van der Waals surface area contributed by atoms with E-state index in [2.05, 4.69) is 10.0 Å². The molecule has 0 bridgehead atoms. The van der Waals surface area contributed by atoms with Crippen molar-refractivity contribution in [2.45, 2.75) is 24.7 Å². The first-order valence-corrected chi connectivity index (χ1v) is 12.3. The molecule has 1 heterocycles. The number of benzene rings is 3. The van der Waals surface area contributed by atoms with Crippen molar-refractivity contribution < 1.29 is 18.1 Å². The van der Waals surface area contributed by atoms with E-state index < -0.39 is 20.9 Å². The number of hydrogen-bond acceptors (Lipinski definition) is 6. The minimum absolute atomic E-state index is 0.116. The van der Waals surface area contributed by atoms with Gasteiger partial charge in [-0.3, -0.25) is 19.6 Å². The number of sulfonamides is 1. The second-order valence-electron chi connectivity index (χ2n) is 8.06. The Hall–Kier alpha value is -3.92. The molecule has 0 atom stereocenters. The number of nitrogens with zero attached hydrogens (tertiary/aromatic N) is 2. The lowest BCUT2D eigenvalue weighted by Gasteiger charge is -2.18. The average Bonchev–Trinajstić information content (AvgIpc) is 3.36. The van der Waals surface area contributed by atoms with E-state index in [-0.39, 0.29) is 16.1 Å². The van der Waals surface area contributed by atoms with E-state index >= 15 is 0 Å². The highest BCUT2D eigenvalue weighted by Gasteiger charge is 2.24. The Morgan fingerprint density at radius 3 is 2.38 bits per heavy atom. The monoisotopic (exact) mass is 480 g/mol. The van der Waals surface area contributed by atoms with Crippen molar-refractivity contribution in [3.8, 4) is 0 Å². The highest BCUT2D eigenvalue weighted by molar-refractivity contribution is 7.92. The summed E-state index contributed by atoms with van der Waals surface area (Å²) in [6.45, 7) is 3.24. The highest BCUT2D eigenvalue weighted by Crippen LogP contribution is 2.32. The molecule has 0 aromatic heterocycles. The number of aryl methyl sites for hydroxylation is 1. The standard InChI is InChI=1S/C24H24N4O5S/c1-17-9-11-19(16-21(17)26-34(32,33)20-7-3-2-4-8-20)25-24(29)18-10-12-22(23(15-18)28(30)31)27-13-5-6-14-27/h2-4,7-12,15-16,26H,5-6,13-14H2,1H3,(H,25,29). The van der Waals surface area contributed by atoms with E-state index in [1.807, 2.05) is 4.90 Å². The lowest BCUT2D eigenvalue weighted by atomic mass is 10.1. The fraction of sp³-hybridized carbons (Fsp3) is 0.208. The van der Waals surface area contributed by atoms with Crippen LogP contribution in [-0.4, -0.2) is 32.3 Å². The quantitative estimate of drug-likeness (QED) is 0.378. The largest absolute Gasteiger partial charge is 0.366 e. The number of carbonyl (C=O) groups is 1. The van der Waals surface area contributed by atoms with Gasteiger partial charge in [0.2, 0.25) is 0 Å². The van der Waals surface area contributed by atoms with Gasteiger partial charge >= 0.3 is 0 Å². The Kier molecular flexibility index (Phi) is 6.51. The molecular formula is C24H24N4O5S. The van der Waals surface area contributed by atoms with Crippen LogP contribution in [0.2, 0.25) is 0 Å². The maximum absolute atomic E-state index is 12.8. The normalized spacial score (nSPS) is 13.5. The van der Waals surface area contributed by atoms with Gasteiger partial charge in [0.05, 0.1) is 15.5 Å². The third-order valence-electron chi connectivity index (χ3n) is 5.67. The molecule has 0 radical (unpaired) electrons. The Balaban J connectivity index is 1.56. The van der Waals surface area contributed by atoms with Gasteiger partial charge in [0.1, 0.15) is 5.69 Å². The molecule has 10 heteroatoms. The summed E-state index contributed by atoms with van der Waals surface area (Å²) in [6, 6.07) is 17.2. The number of carbonyl (C=O) groups excluding carboxylic acids is 1. The molecule has 0 aliphatic carbocycles. The number of rotatable bonds is 7. The van der Waals surface area contributed by atoms with E-state index in [1.165, 1.54) is 24.3 Å². The lowest BCUT2D eigenvalue weighted by molar-refractivity contribution is -0.384. The van der Waals surface area contributed by atoms with Crippen molar-refractivity contribution in [2.24, 2.45) is 0 Å². The van der Waals surface area contributed by atoms with Crippen LogP contribution in [-0.2, 0) is 10.0 Å². The predicted molar refractivity (Wildman–Crippen MR) is 131 cm³/mol. The predicted octanol–water partition coefficient (Wildman–Crippen LogP) is 4.56. The summed E-state index contributed by atoms with van der Waals surface area (Å²) in [5.74, 6) is -0.531. The maximum atomic E-state index is 12.8. The Bertz CT molecular complexity index is 1340. The van der Waals surface area contributed by atoms with Crippen LogP contribution < -0.4 is 14.9 Å². The Morgan fingerprint density at radius 2 is 1.71 bits per heavy atom. The van der Waals surface area contributed by atoms with Crippen molar-refractivity contribution in [3.05, 3.63) is 88.0 Å². The highest BCUT2D eigenvalue weighted by atomic mass is 32.2. The smallest absolute Gasteiger partial charge is 0.293 e. The number of nitro groups is 1. The van der Waals surface area contributed by atoms with Crippen LogP contribution in [0.1, 0.15) is 28.8 Å².